The van der Waals surface area contributed by atoms with Gasteiger partial charge in [0.1, 0.15) is 0 Å². The Labute approximate surface area is 369 Å². The van der Waals surface area contributed by atoms with Crippen molar-refractivity contribution >= 4 is 74.6 Å². The quantitative estimate of drug-likeness (QED) is 0.133. The molecule has 6 aromatic carbocycles. The lowest BCUT2D eigenvalue weighted by atomic mass is 9.57. The maximum absolute atomic E-state index is 5.79. The van der Waals surface area contributed by atoms with Crippen LogP contribution in [0.15, 0.2) is 139 Å². The lowest BCUT2D eigenvalue weighted by molar-refractivity contribution is 0.590. The largest absolute Gasteiger partial charge is 0.355 e. The third-order valence-corrected chi connectivity index (χ3v) is 13.9. The number of allylic oxidation sites excluding steroid dienone is 9. The number of aryl methyl sites for hydroxylation is 2. The average Bonchev–Trinajstić information content (AvgIpc) is 3.45. The predicted molar refractivity (Wildman–Crippen MR) is 271 cm³/mol. The molecule has 62 heavy (non-hydrogen) atoms. The Balaban J connectivity index is 1.24. The zero-order chi connectivity index (χ0) is 42.9. The maximum atomic E-state index is 5.79. The van der Waals surface area contributed by atoms with Gasteiger partial charge < -0.3 is 10.2 Å². The minimum absolute atomic E-state index is 0.0845. The van der Waals surface area contributed by atoms with Crippen LogP contribution in [0, 0.1) is 19.3 Å². The molecular weight excluding hydrogens is 747 g/mol. The average molecular weight is 803 g/mol. The number of hydrogen-bond donors (Lipinski definition) is 1. The van der Waals surface area contributed by atoms with Crippen LogP contribution in [0.2, 0.25) is 0 Å². The first kappa shape index (κ1) is 39.6. The van der Waals surface area contributed by atoms with Gasteiger partial charge in [-0.1, -0.05) is 125 Å². The van der Waals surface area contributed by atoms with Crippen LogP contribution in [0.3, 0.4) is 0 Å². The Bertz CT molecular complexity index is 3040. The van der Waals surface area contributed by atoms with E-state index < -0.39 is 0 Å². The van der Waals surface area contributed by atoms with E-state index in [1.807, 2.05) is 6.08 Å². The van der Waals surface area contributed by atoms with Gasteiger partial charge in [-0.25, -0.2) is 0 Å². The summed E-state index contributed by atoms with van der Waals surface area (Å²) in [6, 6.07) is 37.5. The fourth-order valence-corrected chi connectivity index (χ4v) is 10.6. The van der Waals surface area contributed by atoms with Gasteiger partial charge in [0.05, 0.1) is 0 Å². The molecule has 304 valence electrons. The number of fused-ring (bicyclic) bond motifs is 6. The lowest BCUT2D eigenvalue weighted by Gasteiger charge is -2.38. The van der Waals surface area contributed by atoms with E-state index in [0.29, 0.717) is 0 Å². The fraction of sp³-hybridized carbons (Fsp3) is 0.220. The molecule has 1 heterocycles. The molecular formula is C59H55BN2. The minimum atomic E-state index is -0.210. The van der Waals surface area contributed by atoms with Crippen LogP contribution in [-0.2, 0) is 17.3 Å². The van der Waals surface area contributed by atoms with Crippen molar-refractivity contribution in [1.82, 2.24) is 0 Å². The van der Waals surface area contributed by atoms with Crippen LogP contribution in [-0.4, -0.2) is 7.28 Å². The molecule has 0 unspecified atom stereocenters. The van der Waals surface area contributed by atoms with Gasteiger partial charge in [-0.15, -0.1) is 6.42 Å². The SMILES string of the molecule is C#C/C=C\C1=C(C)c2cc3c(cc2C1(C)C)N(c1ccc(C2=CCCC=C2)cc1C)c1c(c(-c2cc4c(cc2Nc2ccc(C(C)(C)C)cc2)CCC=C4)cc2ccccc12)B3. The van der Waals surface area contributed by atoms with E-state index in [1.165, 1.54) is 106 Å². The Morgan fingerprint density at radius 2 is 1.61 bits per heavy atom. The zero-order valence-corrected chi connectivity index (χ0v) is 37.3. The molecule has 2 nitrogen and oxygen atoms in total. The molecule has 6 aromatic rings. The second kappa shape index (κ2) is 15.1. The standard InChI is InChI=1S/C59H55BN2/c1-9-10-24-50-38(3)47-35-52-55(36-51(47)59(50,7)8)62(54-30-25-42(31-37(54)2)39-18-12-11-13-19-39)57-46-23-17-16-22-43(46)33-49(56(57)60-52)48-32-40-20-14-15-21-41(40)34-53(48)61-45-28-26-44(27-29-45)58(4,5)6/h1,10,12,14,16-20,22-36,60-61H,11,13,15,21H2,2-8H3/b24-10-. The van der Waals surface area contributed by atoms with Crippen LogP contribution in [0.4, 0.5) is 28.4 Å². The molecule has 4 aliphatic rings. The molecule has 0 aromatic heterocycles. The van der Waals surface area contributed by atoms with E-state index in [9.17, 15) is 0 Å². The summed E-state index contributed by atoms with van der Waals surface area (Å²) >= 11 is 0. The molecule has 0 amide bonds. The van der Waals surface area contributed by atoms with Gasteiger partial charge >= 0.3 is 0 Å². The first-order chi connectivity index (χ1) is 29.9. The summed E-state index contributed by atoms with van der Waals surface area (Å²) in [6.07, 6.45) is 25.7. The van der Waals surface area contributed by atoms with Crippen LogP contribution >= 0.6 is 0 Å². The topological polar surface area (TPSA) is 15.3 Å². The highest BCUT2D eigenvalue weighted by Gasteiger charge is 2.39. The molecule has 0 atom stereocenters. The van der Waals surface area contributed by atoms with E-state index in [-0.39, 0.29) is 10.8 Å². The molecule has 3 heteroatoms. The highest BCUT2D eigenvalue weighted by atomic mass is 15.2. The van der Waals surface area contributed by atoms with Crippen LogP contribution < -0.4 is 21.1 Å². The van der Waals surface area contributed by atoms with Crippen molar-refractivity contribution < 1.29 is 0 Å². The number of benzene rings is 6. The summed E-state index contributed by atoms with van der Waals surface area (Å²) in [6.45, 7) is 16.1. The maximum Gasteiger partial charge on any atom is 0.198 e. The Morgan fingerprint density at radius 3 is 2.37 bits per heavy atom. The molecule has 3 aliphatic carbocycles. The summed E-state index contributed by atoms with van der Waals surface area (Å²) in [5.41, 5.74) is 24.1. The summed E-state index contributed by atoms with van der Waals surface area (Å²) < 4.78 is 0. The van der Waals surface area contributed by atoms with Gasteiger partial charge in [0.15, 0.2) is 7.28 Å². The van der Waals surface area contributed by atoms with Crippen molar-refractivity contribution in [2.45, 2.75) is 85.0 Å². The van der Waals surface area contributed by atoms with Crippen molar-refractivity contribution in [2.24, 2.45) is 0 Å². The van der Waals surface area contributed by atoms with Gasteiger partial charge in [0.25, 0.3) is 0 Å². The predicted octanol–water partition coefficient (Wildman–Crippen LogP) is 14.0. The number of nitrogens with one attached hydrogen (secondary N) is 1. The van der Waals surface area contributed by atoms with Gasteiger partial charge in [-0.05, 0) is 178 Å². The Kier molecular flexibility index (Phi) is 9.68. The molecule has 1 N–H and O–H groups in total. The molecule has 0 radical (unpaired) electrons. The first-order valence-electron chi connectivity index (χ1n) is 22.5. The number of rotatable bonds is 6. The number of nitrogens with zero attached hydrogens (tertiary/aromatic N) is 1. The third-order valence-electron chi connectivity index (χ3n) is 13.9. The normalized spacial score (nSPS) is 16.1. The van der Waals surface area contributed by atoms with Crippen molar-refractivity contribution in [3.8, 4) is 23.5 Å². The molecule has 0 bridgehead atoms. The lowest BCUT2D eigenvalue weighted by Crippen LogP contribution is -2.42. The minimum Gasteiger partial charge on any atom is -0.355 e. The second-order valence-corrected chi connectivity index (χ2v) is 19.3. The molecule has 0 saturated heterocycles. The zero-order valence-electron chi connectivity index (χ0n) is 37.3. The first-order valence-corrected chi connectivity index (χ1v) is 22.5. The van der Waals surface area contributed by atoms with Crippen molar-refractivity contribution in [2.75, 3.05) is 10.2 Å². The van der Waals surface area contributed by atoms with Gasteiger partial charge in [-0.2, -0.15) is 0 Å². The van der Waals surface area contributed by atoms with Gasteiger partial charge in [-0.3, -0.25) is 0 Å². The molecule has 0 fully saturated rings. The summed E-state index contributed by atoms with van der Waals surface area (Å²) in [7, 11) is 0.805. The van der Waals surface area contributed by atoms with Gasteiger partial charge in [0, 0.05) is 44.8 Å². The van der Waals surface area contributed by atoms with E-state index in [0.717, 1.165) is 44.3 Å². The number of anilines is 5. The number of terminal acetylenes is 1. The van der Waals surface area contributed by atoms with Crippen LogP contribution in [0.5, 0.6) is 0 Å². The summed E-state index contributed by atoms with van der Waals surface area (Å²) in [5.74, 6) is 2.75. The monoisotopic (exact) mass is 802 g/mol. The van der Waals surface area contributed by atoms with Crippen LogP contribution in [0.1, 0.15) is 99.7 Å². The van der Waals surface area contributed by atoms with E-state index in [2.05, 4.69) is 198 Å². The highest BCUT2D eigenvalue weighted by molar-refractivity contribution is 6.74. The molecule has 1 aliphatic heterocycles. The second-order valence-electron chi connectivity index (χ2n) is 19.3. The smallest absolute Gasteiger partial charge is 0.198 e. The highest BCUT2D eigenvalue weighted by Crippen LogP contribution is 2.51. The van der Waals surface area contributed by atoms with E-state index in [4.69, 9.17) is 6.42 Å². The van der Waals surface area contributed by atoms with Crippen LogP contribution in [0.25, 0.3) is 39.1 Å². The van der Waals surface area contributed by atoms with Crippen molar-refractivity contribution in [1.29, 1.82) is 0 Å². The third kappa shape index (κ3) is 6.69. The Morgan fingerprint density at radius 1 is 0.806 bits per heavy atom. The molecule has 0 saturated carbocycles. The summed E-state index contributed by atoms with van der Waals surface area (Å²) in [5, 5.41) is 6.45. The van der Waals surface area contributed by atoms with Crippen molar-refractivity contribution in [3.05, 3.63) is 178 Å². The van der Waals surface area contributed by atoms with E-state index in [1.54, 1.807) is 0 Å². The fourth-order valence-electron chi connectivity index (χ4n) is 10.6. The number of hydrogen-bond acceptors (Lipinski definition) is 2. The molecule has 0 spiro atoms. The van der Waals surface area contributed by atoms with Crippen molar-refractivity contribution in [3.63, 3.8) is 0 Å². The molecule has 10 rings (SSSR count). The van der Waals surface area contributed by atoms with Gasteiger partial charge in [0.2, 0.25) is 0 Å². The Hall–Kier alpha value is -6.50. The summed E-state index contributed by atoms with van der Waals surface area (Å²) in [4.78, 5) is 2.61. The van der Waals surface area contributed by atoms with E-state index >= 15 is 0 Å².